The third-order valence-corrected chi connectivity index (χ3v) is 6.38. The van der Waals surface area contributed by atoms with Crippen LogP contribution in [-0.2, 0) is 16.1 Å². The maximum Gasteiger partial charge on any atom is 0.458 e. The van der Waals surface area contributed by atoms with Crippen molar-refractivity contribution in [2.45, 2.75) is 63.7 Å². The number of carbonyl (C=O) groups is 1. The summed E-state index contributed by atoms with van der Waals surface area (Å²) in [7, 11) is 0. The number of alkyl halides is 5. The van der Waals surface area contributed by atoms with E-state index in [9.17, 15) is 26.7 Å². The molecule has 1 aromatic carbocycles. The number of nitrogens with one attached hydrogen (secondary N) is 1. The van der Waals surface area contributed by atoms with Gasteiger partial charge in [0.2, 0.25) is 0 Å². The highest BCUT2D eigenvalue weighted by Gasteiger charge is 2.59. The molecule has 4 nitrogen and oxygen atoms in total. The van der Waals surface area contributed by atoms with Gasteiger partial charge in [-0.05, 0) is 29.9 Å². The van der Waals surface area contributed by atoms with Gasteiger partial charge in [0.05, 0.1) is 11.6 Å². The summed E-state index contributed by atoms with van der Waals surface area (Å²) >= 11 is 0. The largest absolute Gasteiger partial charge is 0.458 e. The molecule has 9 heteroatoms. The quantitative estimate of drug-likeness (QED) is 0.596. The van der Waals surface area contributed by atoms with Crippen LogP contribution in [0.25, 0.3) is 0 Å². The Balaban J connectivity index is 1.96. The van der Waals surface area contributed by atoms with Crippen LogP contribution in [0.15, 0.2) is 57.5 Å². The third-order valence-electron chi connectivity index (χ3n) is 6.38. The number of ketones is 1. The Bertz CT molecular complexity index is 1040. The van der Waals surface area contributed by atoms with E-state index in [1.54, 1.807) is 6.92 Å². The monoisotopic (exact) mass is 439 g/mol. The lowest BCUT2D eigenvalue weighted by Crippen LogP contribution is -2.51. The highest BCUT2D eigenvalue weighted by Crippen LogP contribution is 2.54. The number of rotatable bonds is 3. The van der Waals surface area contributed by atoms with E-state index in [0.717, 1.165) is 12.1 Å². The Hall–Kier alpha value is -2.58. The third kappa shape index (κ3) is 3.11. The minimum Gasteiger partial charge on any atom is -0.362 e. The Kier molecular flexibility index (Phi) is 4.68. The van der Waals surface area contributed by atoms with Crippen molar-refractivity contribution < 1.29 is 26.7 Å². The van der Waals surface area contributed by atoms with Crippen LogP contribution in [0.3, 0.4) is 0 Å². The lowest BCUT2D eigenvalue weighted by atomic mass is 9.58. The van der Waals surface area contributed by atoms with E-state index in [2.05, 4.69) is 15.5 Å². The SMILES string of the molecule is CC[C@]1(c2cccc(C(F)(F)C(F)(F)F)c2)C2=CN=NC2NC2=C1C(=O)CC(C)(C)C2. The summed E-state index contributed by atoms with van der Waals surface area (Å²) in [6.45, 7) is 5.69. The van der Waals surface area contributed by atoms with Crippen molar-refractivity contribution in [1.82, 2.24) is 5.32 Å². The fourth-order valence-corrected chi connectivity index (χ4v) is 5.03. The summed E-state index contributed by atoms with van der Waals surface area (Å²) in [6, 6.07) is 4.31. The molecule has 0 saturated heterocycles. The maximum absolute atomic E-state index is 14.2. The van der Waals surface area contributed by atoms with E-state index in [0.29, 0.717) is 23.3 Å². The molecule has 31 heavy (non-hydrogen) atoms. The van der Waals surface area contributed by atoms with Crippen LogP contribution in [0.2, 0.25) is 0 Å². The van der Waals surface area contributed by atoms with E-state index in [-0.39, 0.29) is 29.6 Å². The van der Waals surface area contributed by atoms with Crippen LogP contribution in [-0.4, -0.2) is 18.1 Å². The average molecular weight is 439 g/mol. The molecule has 4 rings (SSSR count). The molecule has 1 aromatic rings. The van der Waals surface area contributed by atoms with Crippen molar-refractivity contribution >= 4 is 5.78 Å². The number of carbonyl (C=O) groups excluding carboxylic acids is 1. The molecule has 0 fully saturated rings. The van der Waals surface area contributed by atoms with Crippen molar-refractivity contribution in [1.29, 1.82) is 0 Å². The standard InChI is InChI=1S/C22H22F5N3O/c1-4-20(12-6-5-7-13(8-12)21(23,24)22(25,26)27)14-11-28-30-18(14)29-15-9-19(2,3)10-16(31)17(15)20/h5-8,11,18,29H,4,9-10H2,1-3H3/t18?,20-/m0/s1. The van der Waals surface area contributed by atoms with Gasteiger partial charge in [0.15, 0.2) is 11.9 Å². The molecular formula is C22H22F5N3O. The van der Waals surface area contributed by atoms with Crippen molar-refractivity contribution in [3.63, 3.8) is 0 Å². The zero-order chi connectivity index (χ0) is 22.8. The fraction of sp³-hybridized carbons (Fsp3) is 0.500. The van der Waals surface area contributed by atoms with Crippen molar-refractivity contribution in [3.8, 4) is 0 Å². The van der Waals surface area contributed by atoms with Crippen LogP contribution in [0.5, 0.6) is 0 Å². The molecule has 0 bridgehead atoms. The smallest absolute Gasteiger partial charge is 0.362 e. The molecule has 2 aliphatic heterocycles. The van der Waals surface area contributed by atoms with Crippen LogP contribution in [0, 0.1) is 5.41 Å². The Morgan fingerprint density at radius 1 is 1.16 bits per heavy atom. The molecule has 2 heterocycles. The van der Waals surface area contributed by atoms with Crippen molar-refractivity contribution in [3.05, 3.63) is 58.4 Å². The van der Waals surface area contributed by atoms with Gasteiger partial charge in [-0.3, -0.25) is 4.79 Å². The van der Waals surface area contributed by atoms with E-state index >= 15 is 0 Å². The summed E-state index contributed by atoms with van der Waals surface area (Å²) in [5, 5.41) is 11.3. The molecule has 0 amide bonds. The molecule has 2 atom stereocenters. The topological polar surface area (TPSA) is 53.8 Å². The van der Waals surface area contributed by atoms with Crippen molar-refractivity contribution in [2.24, 2.45) is 15.6 Å². The molecule has 1 aliphatic carbocycles. The minimum atomic E-state index is -5.73. The number of azo groups is 1. The average Bonchev–Trinajstić information content (AvgIpc) is 3.13. The van der Waals surface area contributed by atoms with E-state index in [1.165, 1.54) is 18.3 Å². The normalized spacial score (nSPS) is 27.5. The summed E-state index contributed by atoms with van der Waals surface area (Å²) < 4.78 is 67.4. The van der Waals surface area contributed by atoms with Gasteiger partial charge in [-0.2, -0.15) is 32.2 Å². The molecule has 0 radical (unpaired) electrons. The van der Waals surface area contributed by atoms with Crippen LogP contribution >= 0.6 is 0 Å². The van der Waals surface area contributed by atoms with Crippen molar-refractivity contribution in [2.75, 3.05) is 0 Å². The van der Waals surface area contributed by atoms with Gasteiger partial charge in [0.25, 0.3) is 0 Å². The predicted molar refractivity (Wildman–Crippen MR) is 103 cm³/mol. The summed E-state index contributed by atoms with van der Waals surface area (Å²) in [5.74, 6) is -5.17. The zero-order valence-electron chi connectivity index (χ0n) is 17.3. The van der Waals surface area contributed by atoms with Gasteiger partial charge in [0.1, 0.15) is 0 Å². The Morgan fingerprint density at radius 3 is 2.52 bits per heavy atom. The number of nitrogens with zero attached hydrogens (tertiary/aromatic N) is 2. The number of hydrogen-bond acceptors (Lipinski definition) is 4. The summed E-state index contributed by atoms with van der Waals surface area (Å²) in [4.78, 5) is 13.3. The predicted octanol–water partition coefficient (Wildman–Crippen LogP) is 5.91. The van der Waals surface area contributed by atoms with E-state index < -0.39 is 29.2 Å². The molecule has 0 aromatic heterocycles. The summed E-state index contributed by atoms with van der Waals surface area (Å²) in [6.07, 6.45) is -3.77. The molecule has 0 spiro atoms. The highest BCUT2D eigenvalue weighted by atomic mass is 19.4. The highest BCUT2D eigenvalue weighted by molar-refractivity contribution is 6.01. The fourth-order valence-electron chi connectivity index (χ4n) is 5.03. The first kappa shape index (κ1) is 21.6. The number of Topliss-reactive ketones (excluding diaryl/α,β-unsaturated/α-hetero) is 1. The lowest BCUT2D eigenvalue weighted by molar-refractivity contribution is -0.289. The van der Waals surface area contributed by atoms with Gasteiger partial charge in [-0.15, -0.1) is 0 Å². The van der Waals surface area contributed by atoms with Crippen LogP contribution < -0.4 is 5.32 Å². The first-order valence-corrected chi connectivity index (χ1v) is 10.0. The number of hydrogen-bond donors (Lipinski definition) is 1. The van der Waals surface area contributed by atoms with Gasteiger partial charge < -0.3 is 5.32 Å². The van der Waals surface area contributed by atoms with Crippen LogP contribution in [0.4, 0.5) is 22.0 Å². The number of allylic oxidation sites excluding steroid dienone is 2. The summed E-state index contributed by atoms with van der Waals surface area (Å²) in [5.41, 5.74) is -0.796. The second kappa shape index (κ2) is 6.71. The lowest BCUT2D eigenvalue weighted by Gasteiger charge is -2.48. The molecule has 1 unspecified atom stereocenters. The van der Waals surface area contributed by atoms with Gasteiger partial charge in [-0.25, -0.2) is 0 Å². The first-order valence-electron chi connectivity index (χ1n) is 10.0. The Labute approximate surface area is 176 Å². The van der Waals surface area contributed by atoms with Gasteiger partial charge in [0, 0.05) is 28.8 Å². The molecule has 0 saturated carbocycles. The minimum absolute atomic E-state index is 0.153. The number of halogens is 5. The Morgan fingerprint density at radius 2 is 1.87 bits per heavy atom. The zero-order valence-corrected chi connectivity index (χ0v) is 17.3. The first-order chi connectivity index (χ1) is 14.3. The van der Waals surface area contributed by atoms with Gasteiger partial charge in [-0.1, -0.05) is 39.0 Å². The molecule has 1 N–H and O–H groups in total. The maximum atomic E-state index is 14.2. The second-order valence-corrected chi connectivity index (χ2v) is 9.07. The molecular weight excluding hydrogens is 417 g/mol. The number of benzene rings is 1. The van der Waals surface area contributed by atoms with Gasteiger partial charge >= 0.3 is 12.1 Å². The van der Waals surface area contributed by atoms with E-state index in [1.807, 2.05) is 13.8 Å². The number of fused-ring (bicyclic) bond motifs is 1. The second-order valence-electron chi connectivity index (χ2n) is 9.07. The van der Waals surface area contributed by atoms with Crippen LogP contribution in [0.1, 0.15) is 51.2 Å². The van der Waals surface area contributed by atoms with E-state index in [4.69, 9.17) is 0 Å². The molecule has 3 aliphatic rings. The molecule has 166 valence electrons.